The van der Waals surface area contributed by atoms with Gasteiger partial charge in [0.05, 0.1) is 10.9 Å². The SMILES string of the molecule is Cc1ccc(C(C)NC(=O)C(C)NC(=O)c2cccs2)o1. The Morgan fingerprint density at radius 3 is 2.52 bits per heavy atom. The van der Waals surface area contributed by atoms with Crippen LogP contribution < -0.4 is 10.6 Å². The van der Waals surface area contributed by atoms with Crippen molar-refractivity contribution in [3.63, 3.8) is 0 Å². The van der Waals surface area contributed by atoms with Gasteiger partial charge in [-0.3, -0.25) is 9.59 Å². The lowest BCUT2D eigenvalue weighted by molar-refractivity contribution is -0.123. The van der Waals surface area contributed by atoms with Gasteiger partial charge >= 0.3 is 0 Å². The maximum atomic E-state index is 12.1. The third-order valence-electron chi connectivity index (χ3n) is 3.03. The van der Waals surface area contributed by atoms with Gasteiger partial charge in [0.15, 0.2) is 0 Å². The van der Waals surface area contributed by atoms with Crippen LogP contribution in [0.2, 0.25) is 0 Å². The highest BCUT2D eigenvalue weighted by Crippen LogP contribution is 2.15. The summed E-state index contributed by atoms with van der Waals surface area (Å²) in [6.45, 7) is 5.34. The van der Waals surface area contributed by atoms with Gasteiger partial charge in [-0.2, -0.15) is 0 Å². The standard InChI is InChI=1S/C15H18N2O3S/c1-9-6-7-12(20-9)10(2)16-14(18)11(3)17-15(19)13-5-4-8-21-13/h4-8,10-11H,1-3H3,(H,16,18)(H,17,19). The first-order valence-electron chi connectivity index (χ1n) is 6.68. The fourth-order valence-electron chi connectivity index (χ4n) is 1.84. The van der Waals surface area contributed by atoms with E-state index in [1.807, 2.05) is 31.4 Å². The summed E-state index contributed by atoms with van der Waals surface area (Å²) in [6.07, 6.45) is 0. The lowest BCUT2D eigenvalue weighted by Crippen LogP contribution is -2.45. The molecule has 2 N–H and O–H groups in total. The molecule has 0 saturated heterocycles. The van der Waals surface area contributed by atoms with Crippen LogP contribution in [0, 0.1) is 6.92 Å². The minimum absolute atomic E-state index is 0.242. The summed E-state index contributed by atoms with van der Waals surface area (Å²) in [4.78, 5) is 24.5. The summed E-state index contributed by atoms with van der Waals surface area (Å²) >= 11 is 1.34. The third-order valence-corrected chi connectivity index (χ3v) is 3.90. The van der Waals surface area contributed by atoms with E-state index in [9.17, 15) is 9.59 Å². The van der Waals surface area contributed by atoms with Crippen molar-refractivity contribution in [2.24, 2.45) is 0 Å². The molecule has 2 unspecified atom stereocenters. The minimum Gasteiger partial charge on any atom is -0.464 e. The van der Waals surface area contributed by atoms with Crippen LogP contribution in [0.5, 0.6) is 0 Å². The van der Waals surface area contributed by atoms with Gasteiger partial charge in [0, 0.05) is 0 Å². The largest absolute Gasteiger partial charge is 0.464 e. The van der Waals surface area contributed by atoms with E-state index in [-0.39, 0.29) is 17.9 Å². The summed E-state index contributed by atoms with van der Waals surface area (Å²) < 4.78 is 5.47. The molecule has 5 nitrogen and oxygen atoms in total. The van der Waals surface area contributed by atoms with E-state index < -0.39 is 6.04 Å². The highest BCUT2D eigenvalue weighted by molar-refractivity contribution is 7.12. The van der Waals surface area contributed by atoms with Crippen LogP contribution in [0.4, 0.5) is 0 Å². The Labute approximate surface area is 127 Å². The number of thiophene rings is 1. The number of rotatable bonds is 5. The normalized spacial score (nSPS) is 13.5. The molecular formula is C15H18N2O3S. The first kappa shape index (κ1) is 15.3. The van der Waals surface area contributed by atoms with Crippen LogP contribution in [0.15, 0.2) is 34.1 Å². The Morgan fingerprint density at radius 2 is 1.95 bits per heavy atom. The predicted molar refractivity (Wildman–Crippen MR) is 81.2 cm³/mol. The number of aryl methyl sites for hydroxylation is 1. The molecule has 0 aliphatic heterocycles. The number of carbonyl (C=O) groups is 2. The molecule has 0 aliphatic carbocycles. The third kappa shape index (κ3) is 3.95. The van der Waals surface area contributed by atoms with E-state index in [1.165, 1.54) is 11.3 Å². The van der Waals surface area contributed by atoms with Crippen LogP contribution in [0.25, 0.3) is 0 Å². The van der Waals surface area contributed by atoms with Gasteiger partial charge in [-0.1, -0.05) is 6.07 Å². The van der Waals surface area contributed by atoms with Crippen molar-refractivity contribution < 1.29 is 14.0 Å². The summed E-state index contributed by atoms with van der Waals surface area (Å²) in [5.41, 5.74) is 0. The molecule has 2 aromatic rings. The van der Waals surface area contributed by atoms with Crippen molar-refractivity contribution in [1.82, 2.24) is 10.6 Å². The number of carbonyl (C=O) groups excluding carboxylic acids is 2. The minimum atomic E-state index is -0.613. The monoisotopic (exact) mass is 306 g/mol. The van der Waals surface area contributed by atoms with Gasteiger partial charge in [0.1, 0.15) is 17.6 Å². The molecule has 21 heavy (non-hydrogen) atoms. The Kier molecular flexibility index (Phi) is 4.80. The molecule has 2 aromatic heterocycles. The molecule has 0 bridgehead atoms. The molecule has 0 radical (unpaired) electrons. The van der Waals surface area contributed by atoms with Gasteiger partial charge in [-0.15, -0.1) is 11.3 Å². The zero-order valence-corrected chi connectivity index (χ0v) is 13.0. The molecule has 2 rings (SSSR count). The fourth-order valence-corrected chi connectivity index (χ4v) is 2.46. The molecule has 2 atom stereocenters. The second-order valence-corrected chi connectivity index (χ2v) is 5.80. The van der Waals surface area contributed by atoms with Gasteiger partial charge in [-0.25, -0.2) is 0 Å². The Morgan fingerprint density at radius 1 is 1.19 bits per heavy atom. The Bertz CT molecular complexity index is 619. The summed E-state index contributed by atoms with van der Waals surface area (Å²) in [5.74, 6) is 0.999. The molecule has 2 amide bonds. The second-order valence-electron chi connectivity index (χ2n) is 4.85. The van der Waals surface area contributed by atoms with Crippen molar-refractivity contribution in [2.75, 3.05) is 0 Å². The predicted octanol–water partition coefficient (Wildman–Crippen LogP) is 2.65. The van der Waals surface area contributed by atoms with Gasteiger partial charge in [0.2, 0.25) is 5.91 Å². The Hall–Kier alpha value is -2.08. The number of hydrogen-bond acceptors (Lipinski definition) is 4. The van der Waals surface area contributed by atoms with E-state index in [2.05, 4.69) is 10.6 Å². The highest BCUT2D eigenvalue weighted by Gasteiger charge is 2.20. The van der Waals surface area contributed by atoms with E-state index in [4.69, 9.17) is 4.42 Å². The van der Waals surface area contributed by atoms with Crippen LogP contribution in [0.1, 0.15) is 41.1 Å². The zero-order valence-electron chi connectivity index (χ0n) is 12.2. The summed E-state index contributed by atoms with van der Waals surface area (Å²) in [6, 6.07) is 6.34. The maximum absolute atomic E-state index is 12.1. The molecule has 6 heteroatoms. The van der Waals surface area contributed by atoms with Crippen molar-refractivity contribution in [1.29, 1.82) is 0 Å². The first-order chi connectivity index (χ1) is 9.97. The lowest BCUT2D eigenvalue weighted by atomic mass is 10.2. The van der Waals surface area contributed by atoms with Crippen LogP contribution in [0.3, 0.4) is 0 Å². The van der Waals surface area contributed by atoms with E-state index >= 15 is 0 Å². The van der Waals surface area contributed by atoms with Crippen molar-refractivity contribution in [3.8, 4) is 0 Å². The molecule has 0 fully saturated rings. The van der Waals surface area contributed by atoms with E-state index in [1.54, 1.807) is 19.1 Å². The van der Waals surface area contributed by atoms with E-state index in [0.717, 1.165) is 5.76 Å². The Balaban J connectivity index is 1.89. The van der Waals surface area contributed by atoms with E-state index in [0.29, 0.717) is 10.6 Å². The van der Waals surface area contributed by atoms with Crippen LogP contribution >= 0.6 is 11.3 Å². The van der Waals surface area contributed by atoms with Gasteiger partial charge in [0.25, 0.3) is 5.91 Å². The van der Waals surface area contributed by atoms with Crippen molar-refractivity contribution in [2.45, 2.75) is 32.9 Å². The number of furan rings is 1. The molecule has 0 aliphatic rings. The lowest BCUT2D eigenvalue weighted by Gasteiger charge is -2.17. The maximum Gasteiger partial charge on any atom is 0.261 e. The summed E-state index contributed by atoms with van der Waals surface area (Å²) in [7, 11) is 0. The fraction of sp³-hybridized carbons (Fsp3) is 0.333. The molecule has 0 aromatic carbocycles. The average Bonchev–Trinajstić information content (AvgIpc) is 3.09. The topological polar surface area (TPSA) is 71.3 Å². The molecule has 0 spiro atoms. The quantitative estimate of drug-likeness (QED) is 0.892. The number of amides is 2. The smallest absolute Gasteiger partial charge is 0.261 e. The molecular weight excluding hydrogens is 288 g/mol. The van der Waals surface area contributed by atoms with Gasteiger partial charge in [-0.05, 0) is 44.4 Å². The van der Waals surface area contributed by atoms with Crippen molar-refractivity contribution in [3.05, 3.63) is 46.0 Å². The zero-order chi connectivity index (χ0) is 15.4. The average molecular weight is 306 g/mol. The van der Waals surface area contributed by atoms with Crippen LogP contribution in [-0.2, 0) is 4.79 Å². The number of nitrogens with one attached hydrogen (secondary N) is 2. The first-order valence-corrected chi connectivity index (χ1v) is 7.56. The van der Waals surface area contributed by atoms with Crippen LogP contribution in [-0.4, -0.2) is 17.9 Å². The van der Waals surface area contributed by atoms with Gasteiger partial charge < -0.3 is 15.1 Å². The second kappa shape index (κ2) is 6.58. The van der Waals surface area contributed by atoms with Crippen molar-refractivity contribution >= 4 is 23.2 Å². The molecule has 0 saturated carbocycles. The summed E-state index contributed by atoms with van der Waals surface area (Å²) in [5, 5.41) is 7.31. The molecule has 2 heterocycles. The highest BCUT2D eigenvalue weighted by atomic mass is 32.1. The molecule has 112 valence electrons. The number of hydrogen-bond donors (Lipinski definition) is 2.